The smallest absolute Gasteiger partial charge is 0.133 e. The van der Waals surface area contributed by atoms with E-state index in [1.807, 2.05) is 25.1 Å². The van der Waals surface area contributed by atoms with Crippen LogP contribution in [-0.2, 0) is 0 Å². The van der Waals surface area contributed by atoms with Crippen LogP contribution in [-0.4, -0.2) is 23.1 Å². The third-order valence-corrected chi connectivity index (χ3v) is 3.79. The van der Waals surface area contributed by atoms with E-state index in [1.54, 1.807) is 6.33 Å². The predicted octanol–water partition coefficient (Wildman–Crippen LogP) is 3.74. The van der Waals surface area contributed by atoms with Gasteiger partial charge in [0.05, 0.1) is 6.61 Å². The summed E-state index contributed by atoms with van der Waals surface area (Å²) in [7, 11) is 0. The van der Waals surface area contributed by atoms with Gasteiger partial charge in [-0.1, -0.05) is 18.2 Å². The summed E-state index contributed by atoms with van der Waals surface area (Å²) in [4.78, 5) is 8.29. The molecule has 106 valence electrons. The van der Waals surface area contributed by atoms with E-state index < -0.39 is 0 Å². The molecule has 0 fully saturated rings. The summed E-state index contributed by atoms with van der Waals surface area (Å²) >= 11 is 3.39. The molecule has 0 atom stereocenters. The average Bonchev–Trinajstić information content (AvgIpc) is 2.45. The highest BCUT2D eigenvalue weighted by Crippen LogP contribution is 2.18. The number of aromatic nitrogens is 2. The third-order valence-electron chi connectivity index (χ3n) is 2.99. The van der Waals surface area contributed by atoms with Crippen LogP contribution in [0.3, 0.4) is 0 Å². The van der Waals surface area contributed by atoms with E-state index in [2.05, 4.69) is 44.2 Å². The normalized spacial score (nSPS) is 10.3. The van der Waals surface area contributed by atoms with Crippen molar-refractivity contribution in [2.24, 2.45) is 0 Å². The SMILES string of the molecule is Cc1ccccc1OCCCNc1ncnc(Br)c1C. The summed E-state index contributed by atoms with van der Waals surface area (Å²) in [6, 6.07) is 8.05. The summed E-state index contributed by atoms with van der Waals surface area (Å²) in [6.45, 7) is 5.53. The Labute approximate surface area is 127 Å². The molecule has 0 bridgehead atoms. The van der Waals surface area contributed by atoms with Gasteiger partial charge in [-0.15, -0.1) is 0 Å². The van der Waals surface area contributed by atoms with Gasteiger partial charge in [0, 0.05) is 12.1 Å². The van der Waals surface area contributed by atoms with Crippen LogP contribution in [0.25, 0.3) is 0 Å². The van der Waals surface area contributed by atoms with Gasteiger partial charge in [0.2, 0.25) is 0 Å². The van der Waals surface area contributed by atoms with Gasteiger partial charge in [-0.05, 0) is 47.8 Å². The minimum atomic E-state index is 0.684. The van der Waals surface area contributed by atoms with E-state index in [9.17, 15) is 0 Å². The molecule has 0 spiro atoms. The van der Waals surface area contributed by atoms with Crippen molar-refractivity contribution < 1.29 is 4.74 Å². The second kappa shape index (κ2) is 7.24. The monoisotopic (exact) mass is 335 g/mol. The number of benzene rings is 1. The van der Waals surface area contributed by atoms with Crippen molar-refractivity contribution in [3.63, 3.8) is 0 Å². The third kappa shape index (κ3) is 3.93. The molecule has 1 aromatic carbocycles. The number of hydrogen-bond donors (Lipinski definition) is 1. The van der Waals surface area contributed by atoms with Gasteiger partial charge in [-0.25, -0.2) is 9.97 Å². The molecule has 4 nitrogen and oxygen atoms in total. The zero-order chi connectivity index (χ0) is 14.4. The van der Waals surface area contributed by atoms with Crippen molar-refractivity contribution in [2.75, 3.05) is 18.5 Å². The number of aryl methyl sites for hydroxylation is 1. The van der Waals surface area contributed by atoms with Gasteiger partial charge >= 0.3 is 0 Å². The molecule has 1 heterocycles. The largest absolute Gasteiger partial charge is 0.493 e. The van der Waals surface area contributed by atoms with E-state index in [4.69, 9.17) is 4.74 Å². The first-order chi connectivity index (χ1) is 9.68. The summed E-state index contributed by atoms with van der Waals surface area (Å²) in [6.07, 6.45) is 2.46. The summed E-state index contributed by atoms with van der Waals surface area (Å²) in [5.41, 5.74) is 2.18. The van der Waals surface area contributed by atoms with Gasteiger partial charge in [0.1, 0.15) is 22.5 Å². The number of anilines is 1. The Morgan fingerprint density at radius 1 is 1.20 bits per heavy atom. The maximum Gasteiger partial charge on any atom is 0.133 e. The molecule has 0 aliphatic heterocycles. The molecular formula is C15H18BrN3O. The number of para-hydroxylation sites is 1. The average molecular weight is 336 g/mol. The Morgan fingerprint density at radius 2 is 2.00 bits per heavy atom. The molecule has 0 radical (unpaired) electrons. The second-order valence-electron chi connectivity index (χ2n) is 4.53. The quantitative estimate of drug-likeness (QED) is 0.645. The Morgan fingerprint density at radius 3 is 2.80 bits per heavy atom. The van der Waals surface area contributed by atoms with Crippen LogP contribution in [0.15, 0.2) is 35.2 Å². The predicted molar refractivity (Wildman–Crippen MR) is 84.2 cm³/mol. The summed E-state index contributed by atoms with van der Waals surface area (Å²) in [5.74, 6) is 1.82. The zero-order valence-corrected chi connectivity index (χ0v) is 13.3. The van der Waals surface area contributed by atoms with Gasteiger partial charge in [-0.2, -0.15) is 0 Å². The lowest BCUT2D eigenvalue weighted by Crippen LogP contribution is -2.10. The number of nitrogens with one attached hydrogen (secondary N) is 1. The van der Waals surface area contributed by atoms with E-state index in [1.165, 1.54) is 0 Å². The minimum absolute atomic E-state index is 0.684. The molecule has 5 heteroatoms. The lowest BCUT2D eigenvalue weighted by Gasteiger charge is -2.10. The van der Waals surface area contributed by atoms with Gasteiger partial charge in [0.15, 0.2) is 0 Å². The molecule has 0 saturated heterocycles. The number of ether oxygens (including phenoxy) is 1. The Balaban J connectivity index is 1.75. The summed E-state index contributed by atoms with van der Waals surface area (Å²) in [5, 5.41) is 3.29. The fourth-order valence-corrected chi connectivity index (χ4v) is 2.07. The molecule has 2 aromatic rings. The van der Waals surface area contributed by atoms with E-state index in [0.717, 1.165) is 40.3 Å². The maximum atomic E-state index is 5.75. The van der Waals surface area contributed by atoms with Crippen molar-refractivity contribution in [2.45, 2.75) is 20.3 Å². The zero-order valence-electron chi connectivity index (χ0n) is 11.7. The molecule has 1 aromatic heterocycles. The van der Waals surface area contributed by atoms with Crippen LogP contribution in [0.5, 0.6) is 5.75 Å². The molecule has 0 aliphatic carbocycles. The van der Waals surface area contributed by atoms with Crippen molar-refractivity contribution >= 4 is 21.7 Å². The lowest BCUT2D eigenvalue weighted by atomic mass is 10.2. The molecule has 20 heavy (non-hydrogen) atoms. The van der Waals surface area contributed by atoms with Crippen molar-refractivity contribution in [3.8, 4) is 5.75 Å². The molecule has 1 N–H and O–H groups in total. The van der Waals surface area contributed by atoms with Gasteiger partial charge in [-0.3, -0.25) is 0 Å². The van der Waals surface area contributed by atoms with Crippen LogP contribution in [0.1, 0.15) is 17.5 Å². The van der Waals surface area contributed by atoms with Gasteiger partial charge in [0.25, 0.3) is 0 Å². The molecular weight excluding hydrogens is 318 g/mol. The Kier molecular flexibility index (Phi) is 5.35. The van der Waals surface area contributed by atoms with E-state index in [0.29, 0.717) is 6.61 Å². The van der Waals surface area contributed by atoms with Crippen molar-refractivity contribution in [3.05, 3.63) is 46.3 Å². The van der Waals surface area contributed by atoms with E-state index >= 15 is 0 Å². The molecule has 0 saturated carbocycles. The highest BCUT2D eigenvalue weighted by atomic mass is 79.9. The summed E-state index contributed by atoms with van der Waals surface area (Å²) < 4.78 is 6.57. The number of nitrogens with zero attached hydrogens (tertiary/aromatic N) is 2. The van der Waals surface area contributed by atoms with Crippen LogP contribution in [0, 0.1) is 13.8 Å². The van der Waals surface area contributed by atoms with Crippen LogP contribution in [0.2, 0.25) is 0 Å². The topological polar surface area (TPSA) is 47.0 Å². The highest BCUT2D eigenvalue weighted by molar-refractivity contribution is 9.10. The molecule has 0 unspecified atom stereocenters. The first-order valence-electron chi connectivity index (χ1n) is 6.58. The lowest BCUT2D eigenvalue weighted by molar-refractivity contribution is 0.313. The first-order valence-corrected chi connectivity index (χ1v) is 7.37. The highest BCUT2D eigenvalue weighted by Gasteiger charge is 2.03. The Bertz CT molecular complexity index is 575. The molecule has 0 aliphatic rings. The fraction of sp³-hybridized carbons (Fsp3) is 0.333. The van der Waals surface area contributed by atoms with Crippen LogP contribution >= 0.6 is 15.9 Å². The Hall–Kier alpha value is -1.62. The van der Waals surface area contributed by atoms with Crippen molar-refractivity contribution in [1.82, 2.24) is 9.97 Å². The number of rotatable bonds is 6. The molecule has 2 rings (SSSR count). The number of hydrogen-bond acceptors (Lipinski definition) is 4. The molecule has 0 amide bonds. The van der Waals surface area contributed by atoms with Crippen molar-refractivity contribution in [1.29, 1.82) is 0 Å². The fourth-order valence-electron chi connectivity index (χ4n) is 1.79. The maximum absolute atomic E-state index is 5.75. The standard InChI is InChI=1S/C15H18BrN3O/c1-11-6-3-4-7-13(11)20-9-5-8-17-15-12(2)14(16)18-10-19-15/h3-4,6-7,10H,5,8-9H2,1-2H3,(H,17,18,19). The number of halogens is 1. The van der Waals surface area contributed by atoms with Crippen LogP contribution < -0.4 is 10.1 Å². The minimum Gasteiger partial charge on any atom is -0.493 e. The second-order valence-corrected chi connectivity index (χ2v) is 5.28. The first kappa shape index (κ1) is 14.8. The van der Waals surface area contributed by atoms with Gasteiger partial charge < -0.3 is 10.1 Å². The van der Waals surface area contributed by atoms with Crippen LogP contribution in [0.4, 0.5) is 5.82 Å². The van der Waals surface area contributed by atoms with E-state index in [-0.39, 0.29) is 0 Å².